The Bertz CT molecular complexity index is 619. The van der Waals surface area contributed by atoms with Crippen molar-refractivity contribution < 1.29 is 49.2 Å². The molecule has 0 fully saturated rings. The Hall–Kier alpha value is -3.02. The number of carbonyl (C=O) groups is 6. The van der Waals surface area contributed by atoms with Crippen molar-refractivity contribution in [2.45, 2.75) is 57.0 Å². The summed E-state index contributed by atoms with van der Waals surface area (Å²) in [7, 11) is 0. The number of rotatable bonds is 15. The maximum Gasteiger partial charge on any atom is 0.326 e. The average Bonchev–Trinajstić information content (AvgIpc) is 2.58. The van der Waals surface area contributed by atoms with Gasteiger partial charge in [-0.15, -0.1) is 0 Å². The first kappa shape index (κ1) is 25.0. The number of nitrogens with two attached hydrogens (primary N) is 1. The fraction of sp³-hybridized carbons (Fsp3) is 0.625. The highest BCUT2D eigenvalue weighted by Gasteiger charge is 2.25. The lowest BCUT2D eigenvalue weighted by molar-refractivity contribution is -0.145. The van der Waals surface area contributed by atoms with Crippen molar-refractivity contribution in [2.24, 2.45) is 11.7 Å². The lowest BCUT2D eigenvalue weighted by Gasteiger charge is -2.15. The van der Waals surface area contributed by atoms with Crippen molar-refractivity contribution in [3.05, 3.63) is 0 Å². The van der Waals surface area contributed by atoms with Gasteiger partial charge in [-0.1, -0.05) is 0 Å². The van der Waals surface area contributed by atoms with E-state index >= 15 is 0 Å². The fourth-order valence-corrected chi connectivity index (χ4v) is 2.23. The summed E-state index contributed by atoms with van der Waals surface area (Å²) in [6.07, 6.45) is -2.22. The molecule has 3 atom stereocenters. The van der Waals surface area contributed by atoms with E-state index in [0.717, 1.165) is 0 Å². The third-order valence-corrected chi connectivity index (χ3v) is 3.87. The van der Waals surface area contributed by atoms with Crippen molar-refractivity contribution in [3.8, 4) is 0 Å². The summed E-state index contributed by atoms with van der Waals surface area (Å²) in [5.41, 5.74) is 5.26. The Morgan fingerprint density at radius 3 is 1.82 bits per heavy atom. The molecule has 0 heterocycles. The first-order valence-electron chi connectivity index (χ1n) is 8.40. The van der Waals surface area contributed by atoms with Crippen molar-refractivity contribution in [3.63, 3.8) is 0 Å². The summed E-state index contributed by atoms with van der Waals surface area (Å²) in [6, 6.07) is -2.66. The Labute approximate surface area is 159 Å². The number of carboxylic acid groups (broad SMARTS) is 4. The molecule has 0 saturated carbocycles. The highest BCUT2D eigenvalue weighted by atomic mass is 16.4. The first-order valence-corrected chi connectivity index (χ1v) is 8.40. The molecule has 0 radical (unpaired) electrons. The van der Waals surface area contributed by atoms with Gasteiger partial charge in [-0.25, -0.2) is 4.79 Å². The summed E-state index contributed by atoms with van der Waals surface area (Å²) < 4.78 is 0. The quantitative estimate of drug-likeness (QED) is 0.195. The van der Waals surface area contributed by atoms with Crippen LogP contribution in [0.3, 0.4) is 0 Å². The molecule has 158 valence electrons. The molecule has 12 nitrogen and oxygen atoms in total. The van der Waals surface area contributed by atoms with Crippen LogP contribution in [-0.2, 0) is 28.8 Å². The maximum absolute atomic E-state index is 11.8. The Kier molecular flexibility index (Phi) is 11.0. The summed E-state index contributed by atoms with van der Waals surface area (Å²) in [5.74, 6) is -7.78. The number of nitrogens with one attached hydrogen (secondary N) is 1. The number of carbonyl (C=O) groups excluding carboxylic acids is 2. The van der Waals surface area contributed by atoms with Crippen LogP contribution in [0.4, 0.5) is 0 Å². The van der Waals surface area contributed by atoms with E-state index in [1.54, 1.807) is 0 Å². The second-order valence-electron chi connectivity index (χ2n) is 6.19. The maximum atomic E-state index is 11.8. The molecule has 0 rings (SSSR count). The van der Waals surface area contributed by atoms with E-state index in [-0.39, 0.29) is 32.1 Å². The zero-order chi connectivity index (χ0) is 21.9. The van der Waals surface area contributed by atoms with Gasteiger partial charge in [-0.2, -0.15) is 0 Å². The van der Waals surface area contributed by atoms with Crippen molar-refractivity contribution in [2.75, 3.05) is 0 Å². The topological polar surface area (TPSA) is 221 Å². The molecular formula is C16H24N2O10. The predicted octanol–water partition coefficient (Wildman–Crippen LogP) is -0.947. The van der Waals surface area contributed by atoms with Gasteiger partial charge in [0.2, 0.25) is 5.91 Å². The number of hydrogen-bond acceptors (Lipinski definition) is 7. The zero-order valence-electron chi connectivity index (χ0n) is 15.0. The van der Waals surface area contributed by atoms with Crippen LogP contribution in [0.25, 0.3) is 0 Å². The molecule has 28 heavy (non-hydrogen) atoms. The summed E-state index contributed by atoms with van der Waals surface area (Å²) in [6.45, 7) is 0. The number of hydrogen-bond donors (Lipinski definition) is 6. The molecule has 0 aliphatic heterocycles. The second-order valence-corrected chi connectivity index (χ2v) is 6.19. The van der Waals surface area contributed by atoms with Gasteiger partial charge < -0.3 is 31.5 Å². The van der Waals surface area contributed by atoms with Crippen LogP contribution in [0.15, 0.2) is 0 Å². The summed E-state index contributed by atoms with van der Waals surface area (Å²) in [4.78, 5) is 67.0. The molecule has 0 aliphatic carbocycles. The molecule has 7 N–H and O–H groups in total. The van der Waals surface area contributed by atoms with Gasteiger partial charge >= 0.3 is 23.9 Å². The molecule has 0 aliphatic rings. The molecule has 0 unspecified atom stereocenters. The van der Waals surface area contributed by atoms with Gasteiger partial charge in [0.1, 0.15) is 17.9 Å². The first-order chi connectivity index (χ1) is 12.9. The van der Waals surface area contributed by atoms with E-state index < -0.39 is 66.4 Å². The van der Waals surface area contributed by atoms with Crippen LogP contribution >= 0.6 is 0 Å². The molecule has 0 aromatic heterocycles. The van der Waals surface area contributed by atoms with Crippen LogP contribution in [-0.4, -0.2) is 68.1 Å². The number of amides is 1. The van der Waals surface area contributed by atoms with Crippen molar-refractivity contribution in [1.82, 2.24) is 5.32 Å². The lowest BCUT2D eigenvalue weighted by Crippen LogP contribution is -2.41. The predicted molar refractivity (Wildman–Crippen MR) is 91.3 cm³/mol. The van der Waals surface area contributed by atoms with Crippen LogP contribution in [0.2, 0.25) is 0 Å². The molecule has 0 saturated heterocycles. The highest BCUT2D eigenvalue weighted by molar-refractivity contribution is 5.86. The van der Waals surface area contributed by atoms with Gasteiger partial charge in [0.05, 0.1) is 5.92 Å². The smallest absolute Gasteiger partial charge is 0.326 e. The molecule has 12 heteroatoms. The molecule has 1 amide bonds. The minimum atomic E-state index is -1.42. The molecule has 0 bridgehead atoms. The SMILES string of the molecule is N[C@@H](CCC(=O)C[C@@H](CCC(=O)N[C@@H](CCC(=O)O)C(=O)O)C(=O)O)C(=O)O. The van der Waals surface area contributed by atoms with Crippen molar-refractivity contribution >= 4 is 35.6 Å². The Morgan fingerprint density at radius 1 is 0.750 bits per heavy atom. The Morgan fingerprint density at radius 2 is 1.36 bits per heavy atom. The van der Waals surface area contributed by atoms with Crippen LogP contribution in [0.1, 0.15) is 44.9 Å². The van der Waals surface area contributed by atoms with E-state index in [1.165, 1.54) is 0 Å². The van der Waals surface area contributed by atoms with Crippen molar-refractivity contribution in [1.29, 1.82) is 0 Å². The van der Waals surface area contributed by atoms with Gasteiger partial charge in [-0.3, -0.25) is 24.0 Å². The molecule has 0 aromatic carbocycles. The second kappa shape index (κ2) is 12.4. The third-order valence-electron chi connectivity index (χ3n) is 3.87. The van der Waals surface area contributed by atoms with Gasteiger partial charge in [-0.05, 0) is 19.3 Å². The van der Waals surface area contributed by atoms with Gasteiger partial charge in [0, 0.05) is 25.7 Å². The van der Waals surface area contributed by atoms with E-state index in [1.807, 2.05) is 0 Å². The van der Waals surface area contributed by atoms with Gasteiger partial charge in [0.25, 0.3) is 0 Å². The zero-order valence-corrected chi connectivity index (χ0v) is 15.0. The van der Waals surface area contributed by atoms with E-state index in [4.69, 9.17) is 26.2 Å². The monoisotopic (exact) mass is 404 g/mol. The summed E-state index contributed by atoms with van der Waals surface area (Å²) in [5, 5.41) is 37.4. The largest absolute Gasteiger partial charge is 0.481 e. The third kappa shape index (κ3) is 10.9. The number of carboxylic acids is 4. The molecule has 0 spiro atoms. The number of Topliss-reactive ketones (excluding diaryl/α,β-unsaturated/α-hetero) is 1. The van der Waals surface area contributed by atoms with E-state index in [0.29, 0.717) is 0 Å². The number of ketones is 1. The van der Waals surface area contributed by atoms with Crippen LogP contribution in [0.5, 0.6) is 0 Å². The lowest BCUT2D eigenvalue weighted by atomic mass is 9.94. The molecule has 0 aromatic rings. The minimum absolute atomic E-state index is 0.148. The fourth-order valence-electron chi connectivity index (χ4n) is 2.23. The summed E-state index contributed by atoms with van der Waals surface area (Å²) >= 11 is 0. The molecular weight excluding hydrogens is 380 g/mol. The Balaban J connectivity index is 4.56. The van der Waals surface area contributed by atoms with E-state index in [9.17, 15) is 28.8 Å². The van der Waals surface area contributed by atoms with E-state index in [2.05, 4.69) is 5.32 Å². The normalized spacial score (nSPS) is 13.8. The number of aliphatic carboxylic acids is 4. The average molecular weight is 404 g/mol. The van der Waals surface area contributed by atoms with Gasteiger partial charge in [0.15, 0.2) is 0 Å². The van der Waals surface area contributed by atoms with Crippen LogP contribution < -0.4 is 11.1 Å². The standard InChI is InChI=1S/C16H24N2O10/c17-10(15(25)26)3-2-9(19)7-8(14(23)24)1-5-12(20)18-11(16(27)28)4-6-13(21)22/h8,10-11H,1-7,17H2,(H,18,20)(H,21,22)(H,23,24)(H,25,26)(H,27,28)/t8-,10+,11+/m1/s1. The van der Waals surface area contributed by atoms with Crippen LogP contribution in [0, 0.1) is 5.92 Å². The minimum Gasteiger partial charge on any atom is -0.481 e. The highest BCUT2D eigenvalue weighted by Crippen LogP contribution is 2.15.